The number of fused-ring (bicyclic) bond motifs is 2. The van der Waals surface area contributed by atoms with Gasteiger partial charge in [-0.25, -0.2) is 9.97 Å². The molecule has 0 atom stereocenters. The first-order valence-electron chi connectivity index (χ1n) is 7.58. The van der Waals surface area contributed by atoms with Gasteiger partial charge in [0.05, 0.1) is 11.0 Å². The minimum absolute atomic E-state index is 0.687. The van der Waals surface area contributed by atoms with E-state index >= 15 is 0 Å². The van der Waals surface area contributed by atoms with Gasteiger partial charge in [0, 0.05) is 29.5 Å². The van der Waals surface area contributed by atoms with Gasteiger partial charge in [0.2, 0.25) is 0 Å². The predicted octanol–water partition coefficient (Wildman–Crippen LogP) is 3.56. The van der Waals surface area contributed by atoms with Crippen molar-refractivity contribution >= 4 is 22.1 Å². The van der Waals surface area contributed by atoms with Crippen molar-refractivity contribution < 1.29 is 0 Å². The Morgan fingerprint density at radius 3 is 2.71 bits per heavy atom. The standard InChI is InChI=1S/C18H12N6/c1-3-12(10-19-7-1)11-5-6-14-13(9-11)16(24-23-14)18-21-15-4-2-8-20-17(15)22-18/h1-10H,(H,23,24)(H,20,21,22). The Morgan fingerprint density at radius 1 is 0.875 bits per heavy atom. The third kappa shape index (κ3) is 1.97. The molecule has 24 heavy (non-hydrogen) atoms. The molecule has 0 aliphatic carbocycles. The van der Waals surface area contributed by atoms with E-state index in [0.29, 0.717) is 11.5 Å². The number of imidazole rings is 1. The molecule has 1 aromatic carbocycles. The van der Waals surface area contributed by atoms with Crippen LogP contribution in [0.5, 0.6) is 0 Å². The van der Waals surface area contributed by atoms with Crippen LogP contribution in [-0.2, 0) is 0 Å². The molecule has 0 radical (unpaired) electrons. The molecular formula is C18H12N6. The molecule has 2 N–H and O–H groups in total. The van der Waals surface area contributed by atoms with Gasteiger partial charge in [0.15, 0.2) is 11.5 Å². The summed E-state index contributed by atoms with van der Waals surface area (Å²) in [6.07, 6.45) is 5.36. The molecule has 114 valence electrons. The summed E-state index contributed by atoms with van der Waals surface area (Å²) in [5.41, 5.74) is 5.49. The Hall–Kier alpha value is -3.54. The number of hydrogen-bond donors (Lipinski definition) is 2. The molecule has 4 aromatic heterocycles. The number of aromatic nitrogens is 6. The van der Waals surface area contributed by atoms with E-state index in [1.165, 1.54) is 0 Å². The minimum atomic E-state index is 0.687. The highest BCUT2D eigenvalue weighted by Crippen LogP contribution is 2.29. The third-order valence-electron chi connectivity index (χ3n) is 4.04. The van der Waals surface area contributed by atoms with E-state index in [1.807, 2.05) is 36.5 Å². The molecule has 0 fully saturated rings. The Labute approximate surface area is 136 Å². The first-order valence-corrected chi connectivity index (χ1v) is 7.58. The summed E-state index contributed by atoms with van der Waals surface area (Å²) in [7, 11) is 0. The van der Waals surface area contributed by atoms with E-state index in [2.05, 4.69) is 42.3 Å². The molecule has 0 aliphatic rings. The van der Waals surface area contributed by atoms with Gasteiger partial charge in [-0.05, 0) is 35.9 Å². The summed E-state index contributed by atoms with van der Waals surface area (Å²) in [5.74, 6) is 0.707. The van der Waals surface area contributed by atoms with Crippen LogP contribution >= 0.6 is 0 Å². The monoisotopic (exact) mass is 312 g/mol. The van der Waals surface area contributed by atoms with Crippen molar-refractivity contribution in [3.63, 3.8) is 0 Å². The van der Waals surface area contributed by atoms with Crippen LogP contribution < -0.4 is 0 Å². The Kier molecular flexibility index (Phi) is 2.69. The minimum Gasteiger partial charge on any atom is -0.335 e. The number of H-pyrrole nitrogens is 2. The molecule has 0 bridgehead atoms. The Bertz CT molecular complexity index is 1120. The molecule has 6 heteroatoms. The van der Waals surface area contributed by atoms with Gasteiger partial charge in [0.1, 0.15) is 5.69 Å². The van der Waals surface area contributed by atoms with E-state index in [1.54, 1.807) is 12.4 Å². The molecular weight excluding hydrogens is 300 g/mol. The highest BCUT2D eigenvalue weighted by Gasteiger charge is 2.13. The second-order valence-corrected chi connectivity index (χ2v) is 5.53. The van der Waals surface area contributed by atoms with Crippen LogP contribution in [0.15, 0.2) is 61.1 Å². The zero-order valence-corrected chi connectivity index (χ0v) is 12.6. The summed E-state index contributed by atoms with van der Waals surface area (Å²) in [5, 5.41) is 8.51. The van der Waals surface area contributed by atoms with Crippen LogP contribution in [0.25, 0.3) is 44.7 Å². The first-order chi connectivity index (χ1) is 11.9. The fourth-order valence-corrected chi connectivity index (χ4v) is 2.86. The number of rotatable bonds is 2. The molecule has 0 amide bonds. The highest BCUT2D eigenvalue weighted by molar-refractivity contribution is 5.95. The van der Waals surface area contributed by atoms with Gasteiger partial charge in [0.25, 0.3) is 0 Å². The molecule has 0 saturated heterocycles. The highest BCUT2D eigenvalue weighted by atomic mass is 15.1. The lowest BCUT2D eigenvalue weighted by molar-refractivity contribution is 1.10. The van der Waals surface area contributed by atoms with Crippen molar-refractivity contribution in [3.05, 3.63) is 61.1 Å². The van der Waals surface area contributed by atoms with Crippen molar-refractivity contribution in [1.29, 1.82) is 0 Å². The molecule has 5 aromatic rings. The van der Waals surface area contributed by atoms with Crippen LogP contribution in [-0.4, -0.2) is 30.1 Å². The van der Waals surface area contributed by atoms with Crippen molar-refractivity contribution in [1.82, 2.24) is 30.1 Å². The number of hydrogen-bond acceptors (Lipinski definition) is 4. The summed E-state index contributed by atoms with van der Waals surface area (Å²) >= 11 is 0. The average Bonchev–Trinajstić information content (AvgIpc) is 3.25. The molecule has 6 nitrogen and oxygen atoms in total. The normalized spacial score (nSPS) is 11.3. The number of benzene rings is 1. The maximum Gasteiger partial charge on any atom is 0.178 e. The van der Waals surface area contributed by atoms with Gasteiger partial charge in [-0.1, -0.05) is 12.1 Å². The lowest BCUT2D eigenvalue weighted by atomic mass is 10.0. The molecule has 0 aliphatic heterocycles. The van der Waals surface area contributed by atoms with Gasteiger partial charge in [-0.3, -0.25) is 10.1 Å². The summed E-state index contributed by atoms with van der Waals surface area (Å²) in [6.45, 7) is 0. The molecule has 5 rings (SSSR count). The average molecular weight is 312 g/mol. The zero-order valence-electron chi connectivity index (χ0n) is 12.6. The summed E-state index contributed by atoms with van der Waals surface area (Å²) in [4.78, 5) is 16.3. The predicted molar refractivity (Wildman–Crippen MR) is 92.2 cm³/mol. The van der Waals surface area contributed by atoms with Gasteiger partial charge < -0.3 is 4.98 Å². The van der Waals surface area contributed by atoms with Gasteiger partial charge >= 0.3 is 0 Å². The first kappa shape index (κ1) is 13.0. The topological polar surface area (TPSA) is 83.1 Å². The molecule has 0 saturated carbocycles. The van der Waals surface area contributed by atoms with Crippen LogP contribution in [0.3, 0.4) is 0 Å². The van der Waals surface area contributed by atoms with E-state index in [9.17, 15) is 0 Å². The molecule has 0 spiro atoms. The van der Waals surface area contributed by atoms with Crippen LogP contribution in [0.2, 0.25) is 0 Å². The third-order valence-corrected chi connectivity index (χ3v) is 4.04. The fraction of sp³-hybridized carbons (Fsp3) is 0. The lowest BCUT2D eigenvalue weighted by Crippen LogP contribution is -1.83. The maximum absolute atomic E-state index is 4.55. The second-order valence-electron chi connectivity index (χ2n) is 5.53. The second kappa shape index (κ2) is 4.99. The van der Waals surface area contributed by atoms with Crippen LogP contribution in [0.1, 0.15) is 0 Å². The SMILES string of the molecule is c1cncc(-c2ccc3[nH]nc(-c4nc5ncccc5[nH]4)c3c2)c1. The Balaban J connectivity index is 1.71. The van der Waals surface area contributed by atoms with Crippen molar-refractivity contribution in [2.45, 2.75) is 0 Å². The summed E-state index contributed by atoms with van der Waals surface area (Å²) < 4.78 is 0. The lowest BCUT2D eigenvalue weighted by Gasteiger charge is -2.01. The van der Waals surface area contributed by atoms with Crippen LogP contribution in [0.4, 0.5) is 0 Å². The van der Waals surface area contributed by atoms with E-state index in [0.717, 1.165) is 33.2 Å². The van der Waals surface area contributed by atoms with E-state index in [-0.39, 0.29) is 0 Å². The zero-order chi connectivity index (χ0) is 15.9. The Morgan fingerprint density at radius 2 is 1.83 bits per heavy atom. The number of nitrogens with one attached hydrogen (secondary N) is 2. The number of aromatic amines is 2. The number of pyridine rings is 2. The maximum atomic E-state index is 4.55. The van der Waals surface area contributed by atoms with Crippen LogP contribution in [0, 0.1) is 0 Å². The van der Waals surface area contributed by atoms with Crippen molar-refractivity contribution in [3.8, 4) is 22.6 Å². The smallest absolute Gasteiger partial charge is 0.178 e. The summed E-state index contributed by atoms with van der Waals surface area (Å²) in [6, 6.07) is 14.0. The van der Waals surface area contributed by atoms with Crippen molar-refractivity contribution in [2.75, 3.05) is 0 Å². The largest absolute Gasteiger partial charge is 0.335 e. The quantitative estimate of drug-likeness (QED) is 0.522. The molecule has 4 heterocycles. The van der Waals surface area contributed by atoms with E-state index < -0.39 is 0 Å². The molecule has 0 unspecified atom stereocenters. The van der Waals surface area contributed by atoms with Gasteiger partial charge in [-0.2, -0.15) is 5.10 Å². The van der Waals surface area contributed by atoms with Crippen molar-refractivity contribution in [2.24, 2.45) is 0 Å². The van der Waals surface area contributed by atoms with E-state index in [4.69, 9.17) is 0 Å². The fourth-order valence-electron chi connectivity index (χ4n) is 2.86. The number of nitrogens with zero attached hydrogens (tertiary/aromatic N) is 4. The van der Waals surface area contributed by atoms with Gasteiger partial charge in [-0.15, -0.1) is 0 Å².